The number of aromatic nitrogens is 3. The van der Waals surface area contributed by atoms with E-state index in [-0.39, 0.29) is 0 Å². The number of nitrogens with one attached hydrogen (secondary N) is 2. The predicted molar refractivity (Wildman–Crippen MR) is 147 cm³/mol. The van der Waals surface area contributed by atoms with Gasteiger partial charge in [0.2, 0.25) is 17.8 Å². The zero-order valence-electron chi connectivity index (χ0n) is 19.6. The molecule has 9 heteroatoms. The standard InChI is InChI=1S/C27H26BrN7O/c28-22-13-14-24(36-19-20-9-3-1-4-10-20)21(17-22)18-29-34-26-31-25(30-23-11-5-2-6-12-23)32-27(33-26)35-15-7-8-16-35/h1-6,9-14,17-18H,7-8,15-16,19H2,(H2,30,31,32,33,34)/b29-18-. The molecule has 36 heavy (non-hydrogen) atoms. The van der Waals surface area contributed by atoms with Gasteiger partial charge in [-0.1, -0.05) is 64.5 Å². The summed E-state index contributed by atoms with van der Waals surface area (Å²) in [5.74, 6) is 2.19. The van der Waals surface area contributed by atoms with E-state index in [1.807, 2.05) is 78.9 Å². The van der Waals surface area contributed by atoms with E-state index in [9.17, 15) is 0 Å². The van der Waals surface area contributed by atoms with Gasteiger partial charge in [0.25, 0.3) is 0 Å². The number of ether oxygens (including phenoxy) is 1. The molecule has 0 bridgehead atoms. The number of para-hydroxylation sites is 1. The summed E-state index contributed by atoms with van der Waals surface area (Å²) in [7, 11) is 0. The van der Waals surface area contributed by atoms with Crippen LogP contribution in [0.25, 0.3) is 0 Å². The lowest BCUT2D eigenvalue weighted by atomic mass is 10.2. The fourth-order valence-corrected chi connectivity index (χ4v) is 4.21. The van der Waals surface area contributed by atoms with Crippen LogP contribution in [0.2, 0.25) is 0 Å². The van der Waals surface area contributed by atoms with Gasteiger partial charge in [-0.15, -0.1) is 0 Å². The highest BCUT2D eigenvalue weighted by molar-refractivity contribution is 9.10. The molecule has 4 aromatic rings. The number of hydrazone groups is 1. The summed E-state index contributed by atoms with van der Waals surface area (Å²) < 4.78 is 6.99. The Balaban J connectivity index is 1.34. The first-order valence-electron chi connectivity index (χ1n) is 11.8. The van der Waals surface area contributed by atoms with Crippen LogP contribution >= 0.6 is 15.9 Å². The Morgan fingerprint density at radius 2 is 1.61 bits per heavy atom. The second-order valence-corrected chi connectivity index (χ2v) is 9.21. The smallest absolute Gasteiger partial charge is 0.250 e. The second-order valence-electron chi connectivity index (χ2n) is 8.29. The van der Waals surface area contributed by atoms with Crippen LogP contribution in [0.1, 0.15) is 24.0 Å². The van der Waals surface area contributed by atoms with Crippen molar-refractivity contribution in [3.05, 3.63) is 94.5 Å². The molecule has 3 aromatic carbocycles. The summed E-state index contributed by atoms with van der Waals surface area (Å²) in [6, 6.07) is 25.7. The Bertz CT molecular complexity index is 1310. The Kier molecular flexibility index (Phi) is 7.67. The zero-order chi connectivity index (χ0) is 24.6. The van der Waals surface area contributed by atoms with Crippen LogP contribution < -0.4 is 20.4 Å². The van der Waals surface area contributed by atoms with Crippen molar-refractivity contribution in [3.63, 3.8) is 0 Å². The van der Waals surface area contributed by atoms with E-state index in [1.54, 1.807) is 6.21 Å². The third-order valence-corrected chi connectivity index (χ3v) is 6.11. The number of nitrogens with zero attached hydrogens (tertiary/aromatic N) is 5. The minimum absolute atomic E-state index is 0.364. The minimum Gasteiger partial charge on any atom is -0.488 e. The van der Waals surface area contributed by atoms with E-state index in [1.165, 1.54) is 0 Å². The Hall–Kier alpha value is -3.98. The SMILES string of the molecule is Brc1ccc(OCc2ccccc2)c(/C=N\Nc2nc(Nc3ccccc3)nc(N3CCCC3)n2)c1. The average Bonchev–Trinajstić information content (AvgIpc) is 3.45. The Morgan fingerprint density at radius 3 is 2.39 bits per heavy atom. The van der Waals surface area contributed by atoms with Crippen LogP contribution in [0.5, 0.6) is 5.75 Å². The third-order valence-electron chi connectivity index (χ3n) is 5.62. The third kappa shape index (κ3) is 6.37. The zero-order valence-corrected chi connectivity index (χ0v) is 21.2. The van der Waals surface area contributed by atoms with Crippen LogP contribution in [-0.2, 0) is 6.61 Å². The molecule has 1 fully saturated rings. The molecule has 0 radical (unpaired) electrons. The van der Waals surface area contributed by atoms with Gasteiger partial charge in [-0.2, -0.15) is 20.1 Å². The maximum absolute atomic E-state index is 6.06. The van der Waals surface area contributed by atoms with E-state index >= 15 is 0 Å². The molecule has 2 heterocycles. The van der Waals surface area contributed by atoms with Crippen LogP contribution in [0.15, 0.2) is 88.4 Å². The number of halogens is 1. The molecular weight excluding hydrogens is 518 g/mol. The van der Waals surface area contributed by atoms with Crippen molar-refractivity contribution >= 4 is 45.7 Å². The fourth-order valence-electron chi connectivity index (χ4n) is 3.83. The first-order chi connectivity index (χ1) is 17.7. The molecule has 0 amide bonds. The van der Waals surface area contributed by atoms with Gasteiger partial charge in [0.15, 0.2) is 0 Å². The van der Waals surface area contributed by atoms with E-state index in [0.29, 0.717) is 24.5 Å². The summed E-state index contributed by atoms with van der Waals surface area (Å²) in [5, 5.41) is 7.67. The van der Waals surface area contributed by atoms with Crippen molar-refractivity contribution in [1.29, 1.82) is 0 Å². The van der Waals surface area contributed by atoms with Gasteiger partial charge < -0.3 is 15.0 Å². The largest absolute Gasteiger partial charge is 0.488 e. The lowest BCUT2D eigenvalue weighted by Gasteiger charge is -2.16. The molecule has 1 aliphatic heterocycles. The van der Waals surface area contributed by atoms with Crippen molar-refractivity contribution in [2.75, 3.05) is 28.7 Å². The van der Waals surface area contributed by atoms with E-state index in [2.05, 4.69) is 51.6 Å². The van der Waals surface area contributed by atoms with Crippen LogP contribution in [0.4, 0.5) is 23.5 Å². The molecule has 1 aliphatic rings. The Labute approximate surface area is 218 Å². The molecule has 5 rings (SSSR count). The molecule has 0 unspecified atom stereocenters. The monoisotopic (exact) mass is 543 g/mol. The van der Waals surface area contributed by atoms with Gasteiger partial charge in [0.05, 0.1) is 6.21 Å². The quantitative estimate of drug-likeness (QED) is 0.197. The first-order valence-corrected chi connectivity index (χ1v) is 12.6. The minimum atomic E-state index is 0.364. The highest BCUT2D eigenvalue weighted by Gasteiger charge is 2.17. The summed E-state index contributed by atoms with van der Waals surface area (Å²) >= 11 is 3.53. The fraction of sp³-hybridized carbons (Fsp3) is 0.185. The van der Waals surface area contributed by atoms with Gasteiger partial charge in [-0.3, -0.25) is 0 Å². The molecule has 1 aromatic heterocycles. The highest BCUT2D eigenvalue weighted by Crippen LogP contribution is 2.24. The molecule has 0 spiro atoms. The van der Waals surface area contributed by atoms with Crippen molar-refractivity contribution in [1.82, 2.24) is 15.0 Å². The maximum atomic E-state index is 6.06. The topological polar surface area (TPSA) is 87.6 Å². The van der Waals surface area contributed by atoms with Gasteiger partial charge in [-0.25, -0.2) is 5.43 Å². The summed E-state index contributed by atoms with van der Waals surface area (Å²) in [4.78, 5) is 15.9. The van der Waals surface area contributed by atoms with Crippen LogP contribution in [-0.4, -0.2) is 34.3 Å². The van der Waals surface area contributed by atoms with Crippen molar-refractivity contribution in [2.45, 2.75) is 19.4 Å². The van der Waals surface area contributed by atoms with Crippen molar-refractivity contribution in [3.8, 4) is 5.75 Å². The average molecular weight is 544 g/mol. The van der Waals surface area contributed by atoms with E-state index in [0.717, 1.165) is 53.0 Å². The van der Waals surface area contributed by atoms with Crippen molar-refractivity contribution < 1.29 is 4.74 Å². The number of rotatable bonds is 9. The second kappa shape index (κ2) is 11.6. The molecule has 2 N–H and O–H groups in total. The lowest BCUT2D eigenvalue weighted by molar-refractivity contribution is 0.306. The molecule has 1 saturated heterocycles. The highest BCUT2D eigenvalue weighted by atomic mass is 79.9. The van der Waals surface area contributed by atoms with Gasteiger partial charge in [-0.05, 0) is 48.7 Å². The van der Waals surface area contributed by atoms with Crippen LogP contribution in [0.3, 0.4) is 0 Å². The molecule has 8 nitrogen and oxygen atoms in total. The lowest BCUT2D eigenvalue weighted by Crippen LogP contribution is -2.21. The van der Waals surface area contributed by atoms with E-state index in [4.69, 9.17) is 4.74 Å². The summed E-state index contributed by atoms with van der Waals surface area (Å²) in [5.41, 5.74) is 5.80. The summed E-state index contributed by atoms with van der Waals surface area (Å²) in [6.45, 7) is 2.33. The number of hydrogen-bond acceptors (Lipinski definition) is 8. The number of benzene rings is 3. The van der Waals surface area contributed by atoms with Gasteiger partial charge in [0.1, 0.15) is 12.4 Å². The first kappa shape index (κ1) is 23.7. The molecular formula is C27H26BrN7O. The summed E-state index contributed by atoms with van der Waals surface area (Å²) in [6.07, 6.45) is 3.96. The Morgan fingerprint density at radius 1 is 0.889 bits per heavy atom. The normalized spacial score (nSPS) is 13.2. The maximum Gasteiger partial charge on any atom is 0.250 e. The number of hydrogen-bond donors (Lipinski definition) is 2. The van der Waals surface area contributed by atoms with Gasteiger partial charge in [0, 0.05) is 28.8 Å². The molecule has 0 atom stereocenters. The molecule has 0 aliphatic carbocycles. The van der Waals surface area contributed by atoms with Gasteiger partial charge >= 0.3 is 0 Å². The molecule has 182 valence electrons. The number of anilines is 4. The van der Waals surface area contributed by atoms with Crippen LogP contribution in [0, 0.1) is 0 Å². The molecule has 0 saturated carbocycles. The van der Waals surface area contributed by atoms with Crippen molar-refractivity contribution in [2.24, 2.45) is 5.10 Å². The van der Waals surface area contributed by atoms with E-state index < -0.39 is 0 Å². The predicted octanol–water partition coefficient (Wildman–Crippen LogP) is 6.00.